The van der Waals surface area contributed by atoms with Crippen LogP contribution in [0.15, 0.2) is 28.8 Å². The lowest BCUT2D eigenvalue weighted by atomic mass is 10.0. The summed E-state index contributed by atoms with van der Waals surface area (Å²) in [7, 11) is 1.66. The number of aromatic nitrogens is 2. The fourth-order valence-corrected chi connectivity index (χ4v) is 3.10. The van der Waals surface area contributed by atoms with Crippen LogP contribution in [0, 0.1) is 0 Å². The number of rotatable bonds is 6. The first-order valence-corrected chi connectivity index (χ1v) is 8.07. The summed E-state index contributed by atoms with van der Waals surface area (Å²) in [6.07, 6.45) is 2.14. The molecule has 23 heavy (non-hydrogen) atoms. The number of likely N-dealkylation sites (tertiary alicyclic amines) is 1. The highest BCUT2D eigenvalue weighted by Crippen LogP contribution is 2.34. The largest absolute Gasteiger partial charge is 0.497 e. The lowest BCUT2D eigenvalue weighted by Gasteiger charge is -2.23. The van der Waals surface area contributed by atoms with Gasteiger partial charge in [-0.05, 0) is 30.5 Å². The third kappa shape index (κ3) is 3.71. The molecule has 0 spiro atoms. The van der Waals surface area contributed by atoms with Crippen LogP contribution < -0.4 is 4.74 Å². The highest BCUT2D eigenvalue weighted by Gasteiger charge is 2.33. The van der Waals surface area contributed by atoms with E-state index in [-0.39, 0.29) is 12.1 Å². The van der Waals surface area contributed by atoms with E-state index >= 15 is 0 Å². The molecule has 2 atom stereocenters. The maximum absolute atomic E-state index is 10.1. The minimum atomic E-state index is -0.340. The fourth-order valence-electron chi connectivity index (χ4n) is 3.10. The van der Waals surface area contributed by atoms with Crippen molar-refractivity contribution < 1.29 is 14.4 Å². The maximum Gasteiger partial charge on any atom is 0.226 e. The first-order chi connectivity index (χ1) is 11.2. The molecule has 0 radical (unpaired) electrons. The molecule has 0 aliphatic carbocycles. The molecular formula is C17H23N3O3. The van der Waals surface area contributed by atoms with E-state index in [1.54, 1.807) is 7.11 Å². The molecule has 1 aliphatic heterocycles. The Labute approximate surface area is 136 Å². The normalized spacial score (nSPS) is 21.7. The Morgan fingerprint density at radius 2 is 2.30 bits per heavy atom. The van der Waals surface area contributed by atoms with E-state index in [0.717, 1.165) is 24.2 Å². The number of hydrogen-bond acceptors (Lipinski definition) is 6. The van der Waals surface area contributed by atoms with Gasteiger partial charge < -0.3 is 14.4 Å². The molecule has 6 nitrogen and oxygen atoms in total. The zero-order chi connectivity index (χ0) is 16.2. The molecule has 124 valence electrons. The van der Waals surface area contributed by atoms with Crippen molar-refractivity contribution in [2.24, 2.45) is 0 Å². The van der Waals surface area contributed by atoms with E-state index in [1.165, 1.54) is 0 Å². The van der Waals surface area contributed by atoms with E-state index < -0.39 is 0 Å². The Hall–Kier alpha value is -1.92. The van der Waals surface area contributed by atoms with Crippen molar-refractivity contribution >= 4 is 0 Å². The average Bonchev–Trinajstić information content (AvgIpc) is 3.15. The first-order valence-electron chi connectivity index (χ1n) is 8.07. The molecule has 0 bridgehead atoms. The topological polar surface area (TPSA) is 71.6 Å². The van der Waals surface area contributed by atoms with E-state index in [0.29, 0.717) is 31.2 Å². The molecule has 1 aromatic carbocycles. The number of β-amino-alcohol motifs (C(OH)–C–C–N with tert-alkyl or cyclic N) is 1. The summed E-state index contributed by atoms with van der Waals surface area (Å²) in [5.41, 5.74) is 1.14. The van der Waals surface area contributed by atoms with Gasteiger partial charge in [0.15, 0.2) is 5.82 Å². The number of ether oxygens (including phenoxy) is 1. The Bertz CT molecular complexity index is 644. The van der Waals surface area contributed by atoms with Crippen LogP contribution in [0.1, 0.15) is 43.1 Å². The molecule has 1 aliphatic rings. The second kappa shape index (κ2) is 7.10. The summed E-state index contributed by atoms with van der Waals surface area (Å²) in [5, 5.41) is 14.1. The summed E-state index contributed by atoms with van der Waals surface area (Å²) in [4.78, 5) is 6.62. The standard InChI is InChI=1S/C17H23N3O3/c1-3-5-17-18-16(19-23-17)11-20-10-13(21)9-15(20)12-6-4-7-14(8-12)22-2/h4,6-8,13,15,21H,3,5,9-11H2,1-2H3/t13-,15-/m0/s1. The SMILES string of the molecule is CCCc1nc(CN2C[C@@H](O)C[C@H]2c2cccc(OC)c2)no1. The van der Waals surface area contributed by atoms with Crippen molar-refractivity contribution in [1.29, 1.82) is 0 Å². The predicted molar refractivity (Wildman–Crippen MR) is 85.1 cm³/mol. The predicted octanol–water partition coefficient (Wildman–Crippen LogP) is 2.34. The summed E-state index contributed by atoms with van der Waals surface area (Å²) in [6.45, 7) is 3.27. The molecule has 0 saturated carbocycles. The number of nitrogens with zero attached hydrogens (tertiary/aromatic N) is 3. The van der Waals surface area contributed by atoms with Crippen molar-refractivity contribution in [2.75, 3.05) is 13.7 Å². The Balaban J connectivity index is 1.76. The van der Waals surface area contributed by atoms with Gasteiger partial charge in [0.1, 0.15) is 5.75 Å². The van der Waals surface area contributed by atoms with Gasteiger partial charge in [0, 0.05) is 19.0 Å². The highest BCUT2D eigenvalue weighted by molar-refractivity contribution is 5.31. The van der Waals surface area contributed by atoms with Crippen LogP contribution in [0.3, 0.4) is 0 Å². The quantitative estimate of drug-likeness (QED) is 0.882. The Morgan fingerprint density at radius 1 is 1.43 bits per heavy atom. The molecule has 1 saturated heterocycles. The van der Waals surface area contributed by atoms with Gasteiger partial charge in [-0.25, -0.2) is 0 Å². The molecule has 0 amide bonds. The maximum atomic E-state index is 10.1. The summed E-state index contributed by atoms with van der Waals surface area (Å²) < 4.78 is 10.6. The molecule has 3 rings (SSSR count). The number of aryl methyl sites for hydroxylation is 1. The van der Waals surface area contributed by atoms with Crippen molar-refractivity contribution in [3.8, 4) is 5.75 Å². The van der Waals surface area contributed by atoms with Gasteiger partial charge in [-0.1, -0.05) is 24.2 Å². The smallest absolute Gasteiger partial charge is 0.226 e. The second-order valence-corrected chi connectivity index (χ2v) is 5.97. The van der Waals surface area contributed by atoms with Gasteiger partial charge in [0.2, 0.25) is 5.89 Å². The zero-order valence-electron chi connectivity index (χ0n) is 13.6. The fraction of sp³-hybridized carbons (Fsp3) is 0.529. The molecule has 2 aromatic rings. The third-order valence-electron chi connectivity index (χ3n) is 4.18. The lowest BCUT2D eigenvalue weighted by Crippen LogP contribution is -2.25. The van der Waals surface area contributed by atoms with E-state index in [2.05, 4.69) is 28.0 Å². The number of benzene rings is 1. The van der Waals surface area contributed by atoms with Crippen molar-refractivity contribution in [3.05, 3.63) is 41.5 Å². The average molecular weight is 317 g/mol. The number of aliphatic hydroxyl groups is 1. The van der Waals surface area contributed by atoms with Gasteiger partial charge in [0.25, 0.3) is 0 Å². The van der Waals surface area contributed by atoms with Gasteiger partial charge in [-0.15, -0.1) is 0 Å². The summed E-state index contributed by atoms with van der Waals surface area (Å²) >= 11 is 0. The van der Waals surface area contributed by atoms with Crippen LogP contribution in [0.5, 0.6) is 5.75 Å². The van der Waals surface area contributed by atoms with Crippen LogP contribution in [0.4, 0.5) is 0 Å². The minimum Gasteiger partial charge on any atom is -0.497 e. The van der Waals surface area contributed by atoms with E-state index in [1.807, 2.05) is 18.2 Å². The first kappa shape index (κ1) is 16.0. The molecule has 1 N–H and O–H groups in total. The zero-order valence-corrected chi connectivity index (χ0v) is 13.6. The molecular weight excluding hydrogens is 294 g/mol. The van der Waals surface area contributed by atoms with E-state index in [4.69, 9.17) is 9.26 Å². The Morgan fingerprint density at radius 3 is 3.09 bits per heavy atom. The number of aliphatic hydroxyl groups excluding tert-OH is 1. The Kier molecular flexibility index (Phi) is 4.93. The molecule has 1 aromatic heterocycles. The van der Waals surface area contributed by atoms with Crippen molar-refractivity contribution in [3.63, 3.8) is 0 Å². The van der Waals surface area contributed by atoms with Crippen LogP contribution in [0.25, 0.3) is 0 Å². The minimum absolute atomic E-state index is 0.133. The second-order valence-electron chi connectivity index (χ2n) is 5.97. The van der Waals surface area contributed by atoms with Crippen molar-refractivity contribution in [1.82, 2.24) is 15.0 Å². The number of methoxy groups -OCH3 is 1. The number of hydrogen-bond donors (Lipinski definition) is 1. The monoisotopic (exact) mass is 317 g/mol. The van der Waals surface area contributed by atoms with Crippen LogP contribution in [0.2, 0.25) is 0 Å². The van der Waals surface area contributed by atoms with Gasteiger partial charge >= 0.3 is 0 Å². The lowest BCUT2D eigenvalue weighted by molar-refractivity contribution is 0.170. The van der Waals surface area contributed by atoms with Crippen LogP contribution >= 0.6 is 0 Å². The van der Waals surface area contributed by atoms with Crippen LogP contribution in [-0.2, 0) is 13.0 Å². The summed E-state index contributed by atoms with van der Waals surface area (Å²) in [5.74, 6) is 2.18. The third-order valence-corrected chi connectivity index (χ3v) is 4.18. The van der Waals surface area contributed by atoms with Gasteiger partial charge in [-0.2, -0.15) is 4.98 Å². The van der Waals surface area contributed by atoms with E-state index in [9.17, 15) is 5.11 Å². The van der Waals surface area contributed by atoms with Crippen molar-refractivity contribution in [2.45, 2.75) is 44.9 Å². The highest BCUT2D eigenvalue weighted by atomic mass is 16.5. The molecule has 6 heteroatoms. The van der Waals surface area contributed by atoms with Gasteiger partial charge in [0.05, 0.1) is 19.8 Å². The molecule has 1 fully saturated rings. The summed E-state index contributed by atoms with van der Waals surface area (Å²) in [6, 6.07) is 8.12. The molecule has 2 heterocycles. The molecule has 0 unspecified atom stereocenters. The van der Waals surface area contributed by atoms with Gasteiger partial charge in [-0.3, -0.25) is 4.90 Å². The van der Waals surface area contributed by atoms with Crippen LogP contribution in [-0.4, -0.2) is 39.9 Å².